The van der Waals surface area contributed by atoms with Crippen LogP contribution in [-0.2, 0) is 6.42 Å². The van der Waals surface area contributed by atoms with Gasteiger partial charge < -0.3 is 15.6 Å². The van der Waals surface area contributed by atoms with E-state index in [0.717, 1.165) is 11.3 Å². The molecule has 0 bridgehead atoms. The van der Waals surface area contributed by atoms with E-state index in [1.54, 1.807) is 18.5 Å². The van der Waals surface area contributed by atoms with Gasteiger partial charge in [-0.2, -0.15) is 4.98 Å². The van der Waals surface area contributed by atoms with Crippen molar-refractivity contribution in [2.24, 2.45) is 5.73 Å². The topological polar surface area (TPSA) is 89.9 Å². The summed E-state index contributed by atoms with van der Waals surface area (Å²) in [6.07, 6.45) is 5.34. The molecule has 0 fully saturated rings. The number of nitrogens with two attached hydrogens (primary N) is 1. The molecule has 0 aromatic carbocycles. The lowest BCUT2D eigenvalue weighted by atomic mass is 10.2. The van der Waals surface area contributed by atoms with Crippen molar-refractivity contribution >= 4 is 22.9 Å². The van der Waals surface area contributed by atoms with Crippen molar-refractivity contribution in [3.63, 3.8) is 0 Å². The lowest BCUT2D eigenvalue weighted by molar-refractivity contribution is 0.380. The molecule has 2 aromatic rings. The summed E-state index contributed by atoms with van der Waals surface area (Å²) in [5.41, 5.74) is 7.19. The maximum absolute atomic E-state index is 5.60. The summed E-state index contributed by atoms with van der Waals surface area (Å²) in [5.74, 6) is 0.582. The van der Waals surface area contributed by atoms with Crippen molar-refractivity contribution in [2.75, 3.05) is 11.9 Å². The minimum absolute atomic E-state index is 0.340. The standard InChI is InChI=1S/C10H11N5OS/c11-10(17)7-1-3-12-5-8(7)13-4-2-9-14-6-15-16-9/h1,3,5-6,13H,2,4H2,(H2,11,17). The molecule has 3 N–H and O–H groups in total. The van der Waals surface area contributed by atoms with Crippen LogP contribution in [0.15, 0.2) is 29.3 Å². The van der Waals surface area contributed by atoms with Crippen LogP contribution in [-0.4, -0.2) is 26.7 Å². The summed E-state index contributed by atoms with van der Waals surface area (Å²) in [6.45, 7) is 0.642. The zero-order valence-corrected chi connectivity index (χ0v) is 9.78. The fourth-order valence-corrected chi connectivity index (χ4v) is 1.54. The van der Waals surface area contributed by atoms with Crippen molar-refractivity contribution in [2.45, 2.75) is 6.42 Å². The molecule has 0 amide bonds. The number of hydrogen-bond donors (Lipinski definition) is 2. The lowest BCUT2D eigenvalue weighted by Gasteiger charge is -2.08. The molecule has 2 heterocycles. The molecule has 0 aliphatic carbocycles. The fourth-order valence-electron chi connectivity index (χ4n) is 1.36. The Kier molecular flexibility index (Phi) is 3.61. The molecular weight excluding hydrogens is 238 g/mol. The van der Waals surface area contributed by atoms with Gasteiger partial charge in [-0.25, -0.2) is 0 Å². The first-order chi connectivity index (χ1) is 8.27. The van der Waals surface area contributed by atoms with Gasteiger partial charge in [0.25, 0.3) is 0 Å². The fraction of sp³-hybridized carbons (Fsp3) is 0.200. The van der Waals surface area contributed by atoms with Gasteiger partial charge >= 0.3 is 0 Å². The second-order valence-corrected chi connectivity index (χ2v) is 3.74. The predicted molar refractivity (Wildman–Crippen MR) is 66.6 cm³/mol. The van der Waals surface area contributed by atoms with Crippen LogP contribution in [0.4, 0.5) is 5.69 Å². The van der Waals surface area contributed by atoms with Crippen molar-refractivity contribution in [1.29, 1.82) is 0 Å². The minimum Gasteiger partial charge on any atom is -0.389 e. The quantitative estimate of drug-likeness (QED) is 0.756. The third kappa shape index (κ3) is 2.97. The first kappa shape index (κ1) is 11.5. The first-order valence-corrected chi connectivity index (χ1v) is 5.41. The summed E-state index contributed by atoms with van der Waals surface area (Å²) in [4.78, 5) is 8.28. The van der Waals surface area contributed by atoms with Gasteiger partial charge in [0.05, 0.1) is 11.9 Å². The van der Waals surface area contributed by atoms with Crippen LogP contribution in [0.5, 0.6) is 0 Å². The van der Waals surface area contributed by atoms with E-state index in [-0.39, 0.29) is 0 Å². The monoisotopic (exact) mass is 249 g/mol. The Morgan fingerprint density at radius 3 is 3.12 bits per heavy atom. The second-order valence-electron chi connectivity index (χ2n) is 3.30. The van der Waals surface area contributed by atoms with E-state index in [4.69, 9.17) is 22.5 Å². The Labute approximate surface area is 103 Å². The summed E-state index contributed by atoms with van der Waals surface area (Å²) in [5, 5.41) is 6.70. The van der Waals surface area contributed by atoms with Gasteiger partial charge in [-0.15, -0.1) is 0 Å². The van der Waals surface area contributed by atoms with Crippen LogP contribution in [0.3, 0.4) is 0 Å². The van der Waals surface area contributed by atoms with Crippen LogP contribution < -0.4 is 11.1 Å². The largest absolute Gasteiger partial charge is 0.389 e. The number of aromatic nitrogens is 3. The Bertz CT molecular complexity index is 499. The molecule has 0 unspecified atom stereocenters. The molecule has 0 saturated heterocycles. The maximum Gasteiger partial charge on any atom is 0.228 e. The van der Waals surface area contributed by atoms with Crippen molar-refractivity contribution in [3.05, 3.63) is 36.2 Å². The highest BCUT2D eigenvalue weighted by atomic mass is 32.1. The van der Waals surface area contributed by atoms with Gasteiger partial charge in [0, 0.05) is 24.7 Å². The third-order valence-corrected chi connectivity index (χ3v) is 2.37. The van der Waals surface area contributed by atoms with Crippen molar-refractivity contribution < 1.29 is 4.52 Å². The summed E-state index contributed by atoms with van der Waals surface area (Å²) in [6, 6.07) is 1.78. The second kappa shape index (κ2) is 5.35. The van der Waals surface area contributed by atoms with Gasteiger partial charge in [0.15, 0.2) is 6.33 Å². The third-order valence-electron chi connectivity index (χ3n) is 2.15. The zero-order valence-electron chi connectivity index (χ0n) is 8.96. The normalized spacial score (nSPS) is 10.1. The molecule has 0 aliphatic rings. The Balaban J connectivity index is 1.97. The molecule has 0 aliphatic heterocycles. The lowest BCUT2D eigenvalue weighted by Crippen LogP contribution is -2.14. The van der Waals surface area contributed by atoms with E-state index in [1.165, 1.54) is 6.33 Å². The summed E-state index contributed by atoms with van der Waals surface area (Å²) >= 11 is 4.95. The molecule has 6 nitrogen and oxygen atoms in total. The van der Waals surface area contributed by atoms with E-state index in [2.05, 4.69) is 20.4 Å². The highest BCUT2D eigenvalue weighted by Crippen LogP contribution is 2.12. The molecule has 88 valence electrons. The van der Waals surface area contributed by atoms with E-state index >= 15 is 0 Å². The van der Waals surface area contributed by atoms with E-state index in [9.17, 15) is 0 Å². The molecule has 0 radical (unpaired) electrons. The average Bonchev–Trinajstić information content (AvgIpc) is 2.82. The Morgan fingerprint density at radius 2 is 2.41 bits per heavy atom. The Morgan fingerprint density at radius 1 is 1.53 bits per heavy atom. The highest BCUT2D eigenvalue weighted by Gasteiger charge is 2.05. The van der Waals surface area contributed by atoms with Gasteiger partial charge in [-0.05, 0) is 6.07 Å². The molecule has 7 heteroatoms. The average molecular weight is 249 g/mol. The molecule has 2 aromatic heterocycles. The molecule has 0 atom stereocenters. The number of nitrogens with zero attached hydrogens (tertiary/aromatic N) is 3. The SMILES string of the molecule is NC(=S)c1ccncc1NCCc1ncno1. The molecule has 17 heavy (non-hydrogen) atoms. The van der Waals surface area contributed by atoms with Crippen molar-refractivity contribution in [3.8, 4) is 0 Å². The summed E-state index contributed by atoms with van der Waals surface area (Å²) < 4.78 is 4.88. The summed E-state index contributed by atoms with van der Waals surface area (Å²) in [7, 11) is 0. The van der Waals surface area contributed by atoms with Gasteiger partial charge in [-0.3, -0.25) is 4.98 Å². The van der Waals surface area contributed by atoms with Gasteiger partial charge in [0.1, 0.15) is 4.99 Å². The number of nitrogens with one attached hydrogen (secondary N) is 1. The number of anilines is 1. The zero-order chi connectivity index (χ0) is 12.1. The molecule has 2 rings (SSSR count). The van der Waals surface area contributed by atoms with Gasteiger partial charge in [0.2, 0.25) is 5.89 Å². The minimum atomic E-state index is 0.340. The number of thiocarbonyl (C=S) groups is 1. The van der Waals surface area contributed by atoms with E-state index < -0.39 is 0 Å². The number of pyridine rings is 1. The molecule has 0 saturated carbocycles. The van der Waals surface area contributed by atoms with Gasteiger partial charge in [-0.1, -0.05) is 17.4 Å². The Hall–Kier alpha value is -2.02. The first-order valence-electron chi connectivity index (χ1n) is 5.00. The smallest absolute Gasteiger partial charge is 0.228 e. The van der Waals surface area contributed by atoms with E-state index in [0.29, 0.717) is 23.8 Å². The van der Waals surface area contributed by atoms with Crippen LogP contribution in [0.1, 0.15) is 11.5 Å². The maximum atomic E-state index is 5.60. The molecular formula is C10H11N5OS. The number of rotatable bonds is 5. The van der Waals surface area contributed by atoms with Crippen molar-refractivity contribution in [1.82, 2.24) is 15.1 Å². The predicted octanol–water partition coefficient (Wildman–Crippen LogP) is 0.753. The van der Waals surface area contributed by atoms with Crippen LogP contribution in [0.25, 0.3) is 0 Å². The molecule has 0 spiro atoms. The van der Waals surface area contributed by atoms with E-state index in [1.807, 2.05) is 0 Å². The highest BCUT2D eigenvalue weighted by molar-refractivity contribution is 7.80. The number of hydrogen-bond acceptors (Lipinski definition) is 6. The van der Waals surface area contributed by atoms with Crippen LogP contribution in [0, 0.1) is 0 Å². The van der Waals surface area contributed by atoms with Crippen LogP contribution >= 0.6 is 12.2 Å². The van der Waals surface area contributed by atoms with Crippen LogP contribution in [0.2, 0.25) is 0 Å².